The molecule has 3 aromatic rings. The maximum Gasteiger partial charge on any atom is 0.266 e. The van der Waals surface area contributed by atoms with Gasteiger partial charge in [-0.25, -0.2) is 9.37 Å². The number of hydrogen-bond acceptors (Lipinski definition) is 4. The number of thiazole rings is 1. The lowest BCUT2D eigenvalue weighted by Crippen LogP contribution is -2.13. The molecule has 0 radical (unpaired) electrons. The molecule has 0 bridgehead atoms. The first-order valence-corrected chi connectivity index (χ1v) is 9.20. The number of nitriles is 1. The number of carbonyl (C=O) groups excluding carboxylic acids is 1. The molecule has 0 saturated carbocycles. The number of nitrogens with one attached hydrogen (secondary N) is 1. The molecule has 0 fully saturated rings. The zero-order valence-electron chi connectivity index (χ0n) is 13.5. The van der Waals surface area contributed by atoms with E-state index in [2.05, 4.69) is 10.3 Å². The van der Waals surface area contributed by atoms with Gasteiger partial charge >= 0.3 is 0 Å². The molecule has 0 spiro atoms. The summed E-state index contributed by atoms with van der Waals surface area (Å²) in [6.07, 6.45) is 1.37. The number of hydrogen-bond donors (Lipinski definition) is 1. The molecule has 2 aromatic carbocycles. The Hall–Kier alpha value is -2.72. The maximum absolute atomic E-state index is 13.0. The minimum Gasteiger partial charge on any atom is -0.320 e. The highest BCUT2D eigenvalue weighted by atomic mass is 35.5. The van der Waals surface area contributed by atoms with Gasteiger partial charge in [0, 0.05) is 10.9 Å². The van der Waals surface area contributed by atoms with Crippen molar-refractivity contribution in [1.29, 1.82) is 5.26 Å². The van der Waals surface area contributed by atoms with Gasteiger partial charge < -0.3 is 5.32 Å². The van der Waals surface area contributed by atoms with E-state index < -0.39 is 5.91 Å². The first kappa shape index (κ1) is 19.1. The highest BCUT2D eigenvalue weighted by Crippen LogP contribution is 2.30. The summed E-state index contributed by atoms with van der Waals surface area (Å²) < 4.78 is 13.0. The Kier molecular flexibility index (Phi) is 5.87. The van der Waals surface area contributed by atoms with Crippen LogP contribution < -0.4 is 5.32 Å². The minimum absolute atomic E-state index is 0.137. The fourth-order valence-electron chi connectivity index (χ4n) is 2.16. The van der Waals surface area contributed by atoms with Crippen molar-refractivity contribution >= 4 is 52.2 Å². The Morgan fingerprint density at radius 3 is 2.67 bits per heavy atom. The summed E-state index contributed by atoms with van der Waals surface area (Å²) in [6, 6.07) is 12.6. The Morgan fingerprint density at radius 1 is 1.22 bits per heavy atom. The van der Waals surface area contributed by atoms with E-state index in [4.69, 9.17) is 23.2 Å². The molecule has 0 atom stereocenters. The van der Waals surface area contributed by atoms with Crippen molar-refractivity contribution in [3.63, 3.8) is 0 Å². The fraction of sp³-hybridized carbons (Fsp3) is 0. The highest BCUT2D eigenvalue weighted by molar-refractivity contribution is 7.13. The molecular formula is C19H10Cl2FN3OS. The number of benzene rings is 2. The molecule has 0 unspecified atom stereocenters. The van der Waals surface area contributed by atoms with Gasteiger partial charge in [-0.1, -0.05) is 29.3 Å². The van der Waals surface area contributed by atoms with E-state index in [1.807, 2.05) is 6.07 Å². The van der Waals surface area contributed by atoms with Crippen molar-refractivity contribution in [3.8, 4) is 16.6 Å². The molecule has 8 heteroatoms. The zero-order chi connectivity index (χ0) is 19.4. The van der Waals surface area contributed by atoms with Crippen molar-refractivity contribution in [3.05, 3.63) is 75.0 Å². The molecular weight excluding hydrogens is 408 g/mol. The molecule has 3 rings (SSSR count). The number of aromatic nitrogens is 1. The number of amides is 1. The van der Waals surface area contributed by atoms with E-state index in [1.165, 1.54) is 29.5 Å². The largest absolute Gasteiger partial charge is 0.320 e. The summed E-state index contributed by atoms with van der Waals surface area (Å²) in [6.45, 7) is 0. The average Bonchev–Trinajstić information content (AvgIpc) is 3.12. The molecule has 134 valence electrons. The van der Waals surface area contributed by atoms with Crippen LogP contribution in [0.15, 0.2) is 53.4 Å². The number of carbonyl (C=O) groups is 1. The third-order valence-electron chi connectivity index (χ3n) is 3.47. The second-order valence-electron chi connectivity index (χ2n) is 5.31. The lowest BCUT2D eigenvalue weighted by atomic mass is 10.2. The first-order chi connectivity index (χ1) is 13.0. The Labute approximate surface area is 168 Å². The summed E-state index contributed by atoms with van der Waals surface area (Å²) in [4.78, 5) is 16.7. The quantitative estimate of drug-likeness (QED) is 0.430. The SMILES string of the molecule is N#C/C(=C\c1csc(-c2ccc(F)cc2)n1)C(=O)Nc1cccc(Cl)c1Cl. The van der Waals surface area contributed by atoms with Gasteiger partial charge in [0.25, 0.3) is 5.91 Å². The number of halogens is 3. The van der Waals surface area contributed by atoms with Gasteiger partial charge in [-0.15, -0.1) is 11.3 Å². The second kappa shape index (κ2) is 8.31. The topological polar surface area (TPSA) is 65.8 Å². The number of nitrogens with zero attached hydrogens (tertiary/aromatic N) is 2. The van der Waals surface area contributed by atoms with Gasteiger partial charge in [0.2, 0.25) is 0 Å². The molecule has 27 heavy (non-hydrogen) atoms. The molecule has 1 amide bonds. The lowest BCUT2D eigenvalue weighted by Gasteiger charge is -2.07. The third kappa shape index (κ3) is 4.52. The van der Waals surface area contributed by atoms with E-state index in [0.717, 1.165) is 5.56 Å². The van der Waals surface area contributed by atoms with Crippen LogP contribution in [0.25, 0.3) is 16.6 Å². The van der Waals surface area contributed by atoms with Crippen LogP contribution in [0.2, 0.25) is 10.0 Å². The summed E-state index contributed by atoms with van der Waals surface area (Å²) in [7, 11) is 0. The van der Waals surface area contributed by atoms with Crippen LogP contribution in [0, 0.1) is 17.1 Å². The van der Waals surface area contributed by atoms with Gasteiger partial charge in [-0.2, -0.15) is 5.26 Å². The van der Waals surface area contributed by atoms with Crippen molar-refractivity contribution in [2.75, 3.05) is 5.32 Å². The van der Waals surface area contributed by atoms with Crippen LogP contribution in [-0.4, -0.2) is 10.9 Å². The van der Waals surface area contributed by atoms with Gasteiger partial charge in [-0.05, 0) is 42.5 Å². The summed E-state index contributed by atoms with van der Waals surface area (Å²) >= 11 is 13.3. The van der Waals surface area contributed by atoms with Crippen LogP contribution in [-0.2, 0) is 4.79 Å². The highest BCUT2D eigenvalue weighted by Gasteiger charge is 2.14. The van der Waals surface area contributed by atoms with E-state index in [0.29, 0.717) is 21.4 Å². The van der Waals surface area contributed by atoms with E-state index in [-0.39, 0.29) is 16.4 Å². The molecule has 1 N–H and O–H groups in total. The number of anilines is 1. The van der Waals surface area contributed by atoms with E-state index in [1.54, 1.807) is 35.7 Å². The van der Waals surface area contributed by atoms with Crippen LogP contribution in [0.3, 0.4) is 0 Å². The predicted molar refractivity (Wildman–Crippen MR) is 106 cm³/mol. The van der Waals surface area contributed by atoms with Gasteiger partial charge in [0.05, 0.1) is 21.4 Å². The predicted octanol–water partition coefficient (Wildman–Crippen LogP) is 5.80. The number of rotatable bonds is 4. The van der Waals surface area contributed by atoms with E-state index >= 15 is 0 Å². The lowest BCUT2D eigenvalue weighted by molar-refractivity contribution is -0.112. The average molecular weight is 418 g/mol. The van der Waals surface area contributed by atoms with Crippen LogP contribution in [0.4, 0.5) is 10.1 Å². The standard InChI is InChI=1S/C19H10Cl2FN3OS/c20-15-2-1-3-16(17(15)21)25-18(26)12(9-23)8-14-10-27-19(24-14)11-4-6-13(22)7-5-11/h1-8,10H,(H,25,26)/b12-8+. The van der Waals surface area contributed by atoms with Crippen molar-refractivity contribution in [2.45, 2.75) is 0 Å². The van der Waals surface area contributed by atoms with Crippen molar-refractivity contribution in [1.82, 2.24) is 4.98 Å². The third-order valence-corrected chi connectivity index (χ3v) is 5.20. The van der Waals surface area contributed by atoms with Crippen LogP contribution in [0.1, 0.15) is 5.69 Å². The molecule has 0 aliphatic heterocycles. The molecule has 0 saturated heterocycles. The smallest absolute Gasteiger partial charge is 0.266 e. The maximum atomic E-state index is 13.0. The van der Waals surface area contributed by atoms with Gasteiger partial charge in [0.1, 0.15) is 22.5 Å². The molecule has 0 aliphatic carbocycles. The van der Waals surface area contributed by atoms with Crippen molar-refractivity contribution in [2.24, 2.45) is 0 Å². The van der Waals surface area contributed by atoms with Crippen LogP contribution >= 0.6 is 34.5 Å². The molecule has 1 aromatic heterocycles. The fourth-order valence-corrected chi connectivity index (χ4v) is 3.30. The normalized spacial score (nSPS) is 11.1. The van der Waals surface area contributed by atoms with Crippen LogP contribution in [0.5, 0.6) is 0 Å². The summed E-state index contributed by atoms with van der Waals surface area (Å²) in [5.41, 5.74) is 1.36. The summed E-state index contributed by atoms with van der Waals surface area (Å²) in [5.74, 6) is -0.962. The Balaban J connectivity index is 1.82. The first-order valence-electron chi connectivity index (χ1n) is 7.56. The minimum atomic E-state index is -0.627. The molecule has 0 aliphatic rings. The monoisotopic (exact) mass is 417 g/mol. The Bertz CT molecular complexity index is 1070. The summed E-state index contributed by atoms with van der Waals surface area (Å²) in [5, 5.41) is 14.7. The zero-order valence-corrected chi connectivity index (χ0v) is 15.9. The Morgan fingerprint density at radius 2 is 1.96 bits per heavy atom. The molecule has 1 heterocycles. The van der Waals surface area contributed by atoms with E-state index in [9.17, 15) is 14.4 Å². The van der Waals surface area contributed by atoms with Gasteiger partial charge in [-0.3, -0.25) is 4.79 Å². The molecule has 4 nitrogen and oxygen atoms in total. The van der Waals surface area contributed by atoms with Crippen molar-refractivity contribution < 1.29 is 9.18 Å². The second-order valence-corrected chi connectivity index (χ2v) is 6.95. The van der Waals surface area contributed by atoms with Gasteiger partial charge in [0.15, 0.2) is 0 Å².